The van der Waals surface area contributed by atoms with E-state index in [0.29, 0.717) is 0 Å². The standard InChI is InChI=1S/C12H10F3NO/c1-4-17-8(2)9-6-5-7-10(16-3)11(9)12(13,14)15/h5-7H,2,4H2,1H3. The van der Waals surface area contributed by atoms with Crippen molar-refractivity contribution in [3.8, 4) is 0 Å². The highest BCUT2D eigenvalue weighted by molar-refractivity contribution is 5.70. The Hall–Kier alpha value is -1.96. The van der Waals surface area contributed by atoms with Gasteiger partial charge < -0.3 is 4.74 Å². The molecule has 0 saturated carbocycles. The molecule has 0 amide bonds. The van der Waals surface area contributed by atoms with Crippen molar-refractivity contribution in [3.63, 3.8) is 0 Å². The van der Waals surface area contributed by atoms with Crippen LogP contribution in [0.2, 0.25) is 0 Å². The molecule has 0 heterocycles. The van der Waals surface area contributed by atoms with Gasteiger partial charge in [0.25, 0.3) is 0 Å². The van der Waals surface area contributed by atoms with Crippen LogP contribution < -0.4 is 0 Å². The van der Waals surface area contributed by atoms with E-state index in [1.54, 1.807) is 6.92 Å². The summed E-state index contributed by atoms with van der Waals surface area (Å²) >= 11 is 0. The van der Waals surface area contributed by atoms with Crippen molar-refractivity contribution < 1.29 is 17.9 Å². The van der Waals surface area contributed by atoms with Crippen molar-refractivity contribution in [2.24, 2.45) is 0 Å². The van der Waals surface area contributed by atoms with Crippen LogP contribution in [-0.2, 0) is 10.9 Å². The second kappa shape index (κ2) is 4.91. The quantitative estimate of drug-likeness (QED) is 0.569. The second-order valence-electron chi connectivity index (χ2n) is 3.17. The maximum atomic E-state index is 12.9. The fourth-order valence-electron chi connectivity index (χ4n) is 1.42. The maximum absolute atomic E-state index is 12.9. The van der Waals surface area contributed by atoms with E-state index < -0.39 is 17.4 Å². The molecule has 0 bridgehead atoms. The summed E-state index contributed by atoms with van der Waals surface area (Å²) in [6.07, 6.45) is -4.60. The number of benzene rings is 1. The Morgan fingerprint density at radius 3 is 2.59 bits per heavy atom. The molecule has 0 radical (unpaired) electrons. The average molecular weight is 241 g/mol. The van der Waals surface area contributed by atoms with E-state index in [-0.39, 0.29) is 17.9 Å². The minimum atomic E-state index is -4.60. The Balaban J connectivity index is 3.41. The van der Waals surface area contributed by atoms with Crippen molar-refractivity contribution in [2.75, 3.05) is 6.61 Å². The van der Waals surface area contributed by atoms with Crippen LogP contribution in [0, 0.1) is 6.57 Å². The summed E-state index contributed by atoms with van der Waals surface area (Å²) in [5.41, 5.74) is -1.63. The zero-order valence-electron chi connectivity index (χ0n) is 9.14. The van der Waals surface area contributed by atoms with Crippen LogP contribution >= 0.6 is 0 Å². The van der Waals surface area contributed by atoms with Crippen LogP contribution in [-0.4, -0.2) is 6.61 Å². The highest BCUT2D eigenvalue weighted by Gasteiger charge is 2.36. The van der Waals surface area contributed by atoms with Gasteiger partial charge in [-0.25, -0.2) is 4.85 Å². The van der Waals surface area contributed by atoms with E-state index in [2.05, 4.69) is 11.4 Å². The molecule has 0 aliphatic heterocycles. The van der Waals surface area contributed by atoms with E-state index in [0.717, 1.165) is 6.07 Å². The molecule has 0 saturated heterocycles. The zero-order valence-corrected chi connectivity index (χ0v) is 9.14. The van der Waals surface area contributed by atoms with E-state index in [1.807, 2.05) is 0 Å². The van der Waals surface area contributed by atoms with Crippen LogP contribution in [0.3, 0.4) is 0 Å². The molecule has 90 valence electrons. The van der Waals surface area contributed by atoms with Crippen LogP contribution in [0.1, 0.15) is 18.1 Å². The second-order valence-corrected chi connectivity index (χ2v) is 3.17. The molecule has 0 aliphatic rings. The Labute approximate surface area is 97.1 Å². The molecular weight excluding hydrogens is 231 g/mol. The van der Waals surface area contributed by atoms with Gasteiger partial charge >= 0.3 is 6.18 Å². The van der Waals surface area contributed by atoms with Gasteiger partial charge in [0.05, 0.1) is 18.7 Å². The van der Waals surface area contributed by atoms with Crippen LogP contribution in [0.25, 0.3) is 10.6 Å². The SMILES string of the molecule is [C-]#[N+]c1cccc(C(=C)OCC)c1C(F)(F)F. The van der Waals surface area contributed by atoms with Gasteiger partial charge in [0.2, 0.25) is 0 Å². The van der Waals surface area contributed by atoms with Gasteiger partial charge in [-0.3, -0.25) is 0 Å². The van der Waals surface area contributed by atoms with Crippen molar-refractivity contribution in [2.45, 2.75) is 13.1 Å². The molecule has 0 atom stereocenters. The third kappa shape index (κ3) is 2.78. The van der Waals surface area contributed by atoms with Gasteiger partial charge in [-0.05, 0) is 6.92 Å². The summed E-state index contributed by atoms with van der Waals surface area (Å²) in [7, 11) is 0. The molecule has 1 rings (SSSR count). The molecule has 1 aromatic rings. The Morgan fingerprint density at radius 1 is 1.47 bits per heavy atom. The van der Waals surface area contributed by atoms with Crippen molar-refractivity contribution in [3.05, 3.63) is 47.3 Å². The van der Waals surface area contributed by atoms with Gasteiger partial charge in [-0.15, -0.1) is 0 Å². The first-order valence-electron chi connectivity index (χ1n) is 4.81. The van der Waals surface area contributed by atoms with E-state index in [4.69, 9.17) is 11.3 Å². The first-order chi connectivity index (χ1) is 7.91. The molecule has 0 aromatic heterocycles. The normalized spacial score (nSPS) is 10.8. The Kier molecular flexibility index (Phi) is 3.79. The third-order valence-corrected chi connectivity index (χ3v) is 2.07. The lowest BCUT2D eigenvalue weighted by atomic mass is 10.0. The number of hydrogen-bond acceptors (Lipinski definition) is 1. The Morgan fingerprint density at radius 2 is 2.12 bits per heavy atom. The summed E-state index contributed by atoms with van der Waals surface area (Å²) < 4.78 is 43.5. The fourth-order valence-corrected chi connectivity index (χ4v) is 1.42. The Bertz CT molecular complexity index is 472. The number of ether oxygens (including phenoxy) is 1. The summed E-state index contributed by atoms with van der Waals surface area (Å²) in [6, 6.07) is 3.75. The molecular formula is C12H10F3NO. The highest BCUT2D eigenvalue weighted by Crippen LogP contribution is 2.41. The zero-order chi connectivity index (χ0) is 13.1. The van der Waals surface area contributed by atoms with E-state index in [1.165, 1.54) is 12.1 Å². The van der Waals surface area contributed by atoms with Crippen molar-refractivity contribution in [1.82, 2.24) is 0 Å². The van der Waals surface area contributed by atoms with E-state index in [9.17, 15) is 13.2 Å². The lowest BCUT2D eigenvalue weighted by Gasteiger charge is -2.16. The smallest absolute Gasteiger partial charge is 0.408 e. The molecule has 5 heteroatoms. The minimum Gasteiger partial charge on any atom is -0.494 e. The third-order valence-electron chi connectivity index (χ3n) is 2.07. The average Bonchev–Trinajstić information content (AvgIpc) is 2.27. The van der Waals surface area contributed by atoms with Gasteiger partial charge in [0.1, 0.15) is 5.76 Å². The molecule has 0 unspecified atom stereocenters. The first-order valence-corrected chi connectivity index (χ1v) is 4.81. The molecule has 2 nitrogen and oxygen atoms in total. The molecule has 0 fully saturated rings. The highest BCUT2D eigenvalue weighted by atomic mass is 19.4. The van der Waals surface area contributed by atoms with Crippen LogP contribution in [0.5, 0.6) is 0 Å². The molecule has 1 aromatic carbocycles. The minimum absolute atomic E-state index is 0.0784. The lowest BCUT2D eigenvalue weighted by Crippen LogP contribution is -2.09. The number of halogens is 3. The summed E-state index contributed by atoms with van der Waals surface area (Å²) in [6.45, 7) is 12.1. The van der Waals surface area contributed by atoms with Gasteiger partial charge in [-0.2, -0.15) is 13.2 Å². The summed E-state index contributed by atoms with van der Waals surface area (Å²) in [5.74, 6) is -0.0784. The largest absolute Gasteiger partial charge is 0.494 e. The summed E-state index contributed by atoms with van der Waals surface area (Å²) in [5, 5.41) is 0. The topological polar surface area (TPSA) is 13.6 Å². The fraction of sp³-hybridized carbons (Fsp3) is 0.250. The number of rotatable bonds is 3. The van der Waals surface area contributed by atoms with Crippen molar-refractivity contribution >= 4 is 11.4 Å². The number of hydrogen-bond donors (Lipinski definition) is 0. The maximum Gasteiger partial charge on any atom is 0.408 e. The molecule has 17 heavy (non-hydrogen) atoms. The predicted molar refractivity (Wildman–Crippen MR) is 58.4 cm³/mol. The number of alkyl halides is 3. The van der Waals surface area contributed by atoms with Gasteiger partial charge in [-0.1, -0.05) is 24.8 Å². The monoisotopic (exact) mass is 241 g/mol. The lowest BCUT2D eigenvalue weighted by molar-refractivity contribution is -0.137. The summed E-state index contributed by atoms with van der Waals surface area (Å²) in [4.78, 5) is 2.87. The number of nitrogens with zero attached hydrogens (tertiary/aromatic N) is 1. The molecule has 0 spiro atoms. The van der Waals surface area contributed by atoms with Gasteiger partial charge in [0.15, 0.2) is 5.69 Å². The van der Waals surface area contributed by atoms with Crippen molar-refractivity contribution in [1.29, 1.82) is 0 Å². The van der Waals surface area contributed by atoms with Crippen LogP contribution in [0.15, 0.2) is 24.8 Å². The van der Waals surface area contributed by atoms with E-state index >= 15 is 0 Å². The van der Waals surface area contributed by atoms with Crippen LogP contribution in [0.4, 0.5) is 18.9 Å². The molecule has 0 N–H and O–H groups in total. The molecule has 0 aliphatic carbocycles. The van der Waals surface area contributed by atoms with Gasteiger partial charge in [0, 0.05) is 5.56 Å². The first kappa shape index (κ1) is 13.1. The predicted octanol–water partition coefficient (Wildman–Crippen LogP) is 4.26.